The summed E-state index contributed by atoms with van der Waals surface area (Å²) < 4.78 is 6.76. The van der Waals surface area contributed by atoms with Gasteiger partial charge in [-0.2, -0.15) is 4.98 Å². The molecule has 1 saturated heterocycles. The standard InChI is InChI=1S/C33H48N8O7/c1-32(2,3)48-31(47)35-24-10-8-23(9-11-24)34-16-14-22-6-12-25(13-7-22)41-17-15-26(37-29(41)44)36-28(43)40-20-18-39(19-21-40)27(42)33(4,5)38-30(45)46/h6-7,12-13,15,17,23-24,34,38H,8-11,14,16,18-21H2,1-5H3,(H,35,47)(H,45,46)(H,36,37,43,44)/t23-,24+. The van der Waals surface area contributed by atoms with Gasteiger partial charge in [-0.15, -0.1) is 0 Å². The maximum absolute atomic E-state index is 12.8. The van der Waals surface area contributed by atoms with Crippen molar-refractivity contribution in [3.8, 4) is 5.69 Å². The Morgan fingerprint density at radius 1 is 0.896 bits per heavy atom. The van der Waals surface area contributed by atoms with Gasteiger partial charge < -0.3 is 35.6 Å². The molecule has 1 aromatic heterocycles. The molecule has 0 bridgehead atoms. The molecule has 0 spiro atoms. The third kappa shape index (κ3) is 10.4. The number of urea groups is 1. The predicted octanol–water partition coefficient (Wildman–Crippen LogP) is 2.92. The van der Waals surface area contributed by atoms with Crippen molar-refractivity contribution in [3.05, 3.63) is 52.6 Å². The molecule has 15 nitrogen and oxygen atoms in total. The highest BCUT2D eigenvalue weighted by Crippen LogP contribution is 2.20. The number of amides is 5. The van der Waals surface area contributed by atoms with Gasteiger partial charge in [0.15, 0.2) is 0 Å². The molecule has 0 radical (unpaired) electrons. The fourth-order valence-corrected chi connectivity index (χ4v) is 5.85. The van der Waals surface area contributed by atoms with Crippen LogP contribution in [-0.4, -0.2) is 105 Å². The largest absolute Gasteiger partial charge is 0.465 e. The SMILES string of the molecule is CC(C)(C)OC(=O)N[C@H]1CC[C@@H](NCCc2ccc(-n3ccc(NC(=O)N4CCN(C(=O)C(C)(C)NC(=O)O)CC4)nc3=O)cc2)CC1. The zero-order chi connectivity index (χ0) is 35.1. The highest BCUT2D eigenvalue weighted by atomic mass is 16.6. The number of benzene rings is 1. The van der Waals surface area contributed by atoms with E-state index in [9.17, 15) is 24.0 Å². The molecular formula is C33H48N8O7. The first-order valence-corrected chi connectivity index (χ1v) is 16.4. The monoisotopic (exact) mass is 668 g/mol. The molecule has 5 amide bonds. The average Bonchev–Trinajstić information content (AvgIpc) is 3.00. The van der Waals surface area contributed by atoms with Gasteiger partial charge in [0, 0.05) is 44.5 Å². The van der Waals surface area contributed by atoms with Crippen LogP contribution in [0.4, 0.5) is 20.2 Å². The van der Waals surface area contributed by atoms with E-state index in [2.05, 4.69) is 26.3 Å². The number of rotatable bonds is 9. The Morgan fingerprint density at radius 3 is 2.08 bits per heavy atom. The van der Waals surface area contributed by atoms with Crippen molar-refractivity contribution >= 4 is 29.9 Å². The summed E-state index contributed by atoms with van der Waals surface area (Å²) in [4.78, 5) is 68.4. The highest BCUT2D eigenvalue weighted by molar-refractivity contribution is 5.90. The Balaban J connectivity index is 1.19. The van der Waals surface area contributed by atoms with E-state index in [1.807, 2.05) is 45.0 Å². The number of alkyl carbamates (subject to hydrolysis) is 1. The van der Waals surface area contributed by atoms with Gasteiger partial charge >= 0.3 is 23.9 Å². The van der Waals surface area contributed by atoms with Crippen LogP contribution < -0.4 is 27.0 Å². The van der Waals surface area contributed by atoms with Crippen molar-refractivity contribution in [2.45, 2.75) is 89.9 Å². The van der Waals surface area contributed by atoms with Crippen LogP contribution in [0.15, 0.2) is 41.3 Å². The Morgan fingerprint density at radius 2 is 1.50 bits per heavy atom. The van der Waals surface area contributed by atoms with E-state index in [1.54, 1.807) is 12.3 Å². The summed E-state index contributed by atoms with van der Waals surface area (Å²) in [5, 5.41) is 20.4. The molecule has 2 fully saturated rings. The molecular weight excluding hydrogens is 620 g/mol. The lowest BCUT2D eigenvalue weighted by molar-refractivity contribution is -0.138. The van der Waals surface area contributed by atoms with Crippen LogP contribution >= 0.6 is 0 Å². The summed E-state index contributed by atoms with van der Waals surface area (Å²) in [6.07, 6.45) is 4.52. The van der Waals surface area contributed by atoms with Crippen molar-refractivity contribution in [1.82, 2.24) is 35.3 Å². The third-order valence-electron chi connectivity index (χ3n) is 8.36. The van der Waals surface area contributed by atoms with Crippen LogP contribution in [0.2, 0.25) is 0 Å². The first-order chi connectivity index (χ1) is 22.6. The fraction of sp³-hybridized carbons (Fsp3) is 0.576. The van der Waals surface area contributed by atoms with Gasteiger partial charge in [-0.25, -0.2) is 19.2 Å². The summed E-state index contributed by atoms with van der Waals surface area (Å²) in [5.74, 6) is -0.256. The lowest BCUT2D eigenvalue weighted by Gasteiger charge is -2.38. The fourth-order valence-electron chi connectivity index (χ4n) is 5.85. The van der Waals surface area contributed by atoms with E-state index in [0.29, 0.717) is 11.7 Å². The molecule has 1 saturated carbocycles. The van der Waals surface area contributed by atoms with Gasteiger partial charge in [-0.1, -0.05) is 12.1 Å². The zero-order valence-corrected chi connectivity index (χ0v) is 28.4. The van der Waals surface area contributed by atoms with Gasteiger partial charge in [0.25, 0.3) is 0 Å². The highest BCUT2D eigenvalue weighted by Gasteiger charge is 2.35. The van der Waals surface area contributed by atoms with Crippen molar-refractivity contribution < 1.29 is 29.0 Å². The predicted molar refractivity (Wildman–Crippen MR) is 179 cm³/mol. The number of nitrogens with zero attached hydrogens (tertiary/aromatic N) is 4. The van der Waals surface area contributed by atoms with E-state index in [4.69, 9.17) is 9.84 Å². The van der Waals surface area contributed by atoms with Gasteiger partial charge in [0.2, 0.25) is 5.91 Å². The van der Waals surface area contributed by atoms with E-state index < -0.39 is 29.0 Å². The Kier molecular flexibility index (Phi) is 11.7. The summed E-state index contributed by atoms with van der Waals surface area (Å²) in [5.41, 5.74) is -0.554. The quantitative estimate of drug-likeness (QED) is 0.268. The number of hydrogen-bond acceptors (Lipinski definition) is 8. The van der Waals surface area contributed by atoms with Crippen molar-refractivity contribution in [2.75, 3.05) is 38.0 Å². The smallest absolute Gasteiger partial charge is 0.407 e. The number of ether oxygens (including phenoxy) is 1. The third-order valence-corrected chi connectivity index (χ3v) is 8.36. The van der Waals surface area contributed by atoms with Crippen LogP contribution in [0.1, 0.15) is 65.9 Å². The number of anilines is 1. The van der Waals surface area contributed by atoms with Crippen LogP contribution in [-0.2, 0) is 16.0 Å². The van der Waals surface area contributed by atoms with E-state index in [1.165, 1.54) is 28.2 Å². The maximum Gasteiger partial charge on any atom is 0.407 e. The molecule has 1 aliphatic heterocycles. The number of nitrogens with one attached hydrogen (secondary N) is 4. The Labute approximate surface area is 280 Å². The van der Waals surface area contributed by atoms with Crippen LogP contribution in [0.3, 0.4) is 0 Å². The molecule has 1 aliphatic carbocycles. The first-order valence-electron chi connectivity index (χ1n) is 16.4. The molecule has 0 atom stereocenters. The summed E-state index contributed by atoms with van der Waals surface area (Å²) in [7, 11) is 0. The number of piperazine rings is 1. The van der Waals surface area contributed by atoms with Gasteiger partial charge in [-0.3, -0.25) is 14.7 Å². The molecule has 2 aliphatic rings. The second-order valence-corrected chi connectivity index (χ2v) is 13.8. The molecule has 2 aromatic rings. The van der Waals surface area contributed by atoms with Crippen LogP contribution in [0.5, 0.6) is 0 Å². The van der Waals surface area contributed by atoms with Crippen molar-refractivity contribution in [3.63, 3.8) is 0 Å². The Bertz CT molecular complexity index is 1500. The molecule has 262 valence electrons. The molecule has 0 unspecified atom stereocenters. The number of carbonyl (C=O) groups is 4. The minimum atomic E-state index is -1.29. The molecule has 5 N–H and O–H groups in total. The van der Waals surface area contributed by atoms with Crippen LogP contribution in [0.25, 0.3) is 5.69 Å². The molecule has 2 heterocycles. The first kappa shape index (κ1) is 36.2. The normalized spacial score (nSPS) is 18.5. The maximum atomic E-state index is 12.8. The Hall–Kier alpha value is -4.66. The number of carbonyl (C=O) groups excluding carboxylic acids is 3. The van der Waals surface area contributed by atoms with E-state index in [-0.39, 0.29) is 50.0 Å². The molecule has 4 rings (SSSR count). The lowest BCUT2D eigenvalue weighted by Crippen LogP contribution is -2.60. The lowest BCUT2D eigenvalue weighted by atomic mass is 9.91. The van der Waals surface area contributed by atoms with Gasteiger partial charge in [0.1, 0.15) is 17.0 Å². The number of hydrogen-bond donors (Lipinski definition) is 5. The number of carboxylic acid groups (broad SMARTS) is 1. The number of aromatic nitrogens is 2. The van der Waals surface area contributed by atoms with E-state index in [0.717, 1.165) is 44.2 Å². The minimum absolute atomic E-state index is 0.115. The van der Waals surface area contributed by atoms with Crippen LogP contribution in [0, 0.1) is 0 Å². The minimum Gasteiger partial charge on any atom is -0.465 e. The van der Waals surface area contributed by atoms with E-state index >= 15 is 0 Å². The molecule has 1 aromatic carbocycles. The summed E-state index contributed by atoms with van der Waals surface area (Å²) in [6, 6.07) is 9.31. The van der Waals surface area contributed by atoms with Crippen molar-refractivity contribution in [1.29, 1.82) is 0 Å². The van der Waals surface area contributed by atoms with Gasteiger partial charge in [0.05, 0.1) is 5.69 Å². The second kappa shape index (κ2) is 15.5. The second-order valence-electron chi connectivity index (χ2n) is 13.8. The molecule has 48 heavy (non-hydrogen) atoms. The van der Waals surface area contributed by atoms with Crippen molar-refractivity contribution in [2.24, 2.45) is 0 Å². The zero-order valence-electron chi connectivity index (χ0n) is 28.4. The summed E-state index contributed by atoms with van der Waals surface area (Å²) in [6.45, 7) is 10.3. The average molecular weight is 669 g/mol. The van der Waals surface area contributed by atoms with Gasteiger partial charge in [-0.05, 0) is 97.0 Å². The summed E-state index contributed by atoms with van der Waals surface area (Å²) >= 11 is 0. The topological polar surface area (TPSA) is 187 Å². The molecule has 15 heteroatoms.